The van der Waals surface area contributed by atoms with Crippen molar-refractivity contribution in [2.45, 2.75) is 43.4 Å². The van der Waals surface area contributed by atoms with Crippen molar-refractivity contribution in [3.05, 3.63) is 86.8 Å². The lowest BCUT2D eigenvalue weighted by molar-refractivity contribution is -0.0379. The zero-order valence-electron chi connectivity index (χ0n) is 17.2. The normalized spacial score (nSPS) is 15.2. The highest BCUT2D eigenvalue weighted by atomic mass is 32.2. The molecule has 0 fully saturated rings. The second-order valence-electron chi connectivity index (χ2n) is 8.16. The summed E-state index contributed by atoms with van der Waals surface area (Å²) in [6, 6.07) is 16.2. The van der Waals surface area contributed by atoms with Crippen molar-refractivity contribution < 1.29 is 9.13 Å². The lowest BCUT2D eigenvalue weighted by Gasteiger charge is -2.29. The number of ether oxygens (including phenoxy) is 1. The third-order valence-electron chi connectivity index (χ3n) is 5.40. The topological polar surface area (TPSA) is 44.1 Å². The molecule has 0 saturated heterocycles. The van der Waals surface area contributed by atoms with Crippen molar-refractivity contribution in [2.75, 3.05) is 0 Å². The van der Waals surface area contributed by atoms with Crippen molar-refractivity contribution in [3.8, 4) is 5.69 Å². The highest BCUT2D eigenvalue weighted by Gasteiger charge is 2.31. The van der Waals surface area contributed by atoms with Gasteiger partial charge in [-0.25, -0.2) is 9.37 Å². The number of hydrogen-bond donors (Lipinski definition) is 0. The van der Waals surface area contributed by atoms with Crippen LogP contribution in [0.4, 0.5) is 4.39 Å². The lowest BCUT2D eigenvalue weighted by Crippen LogP contribution is -2.32. The van der Waals surface area contributed by atoms with Gasteiger partial charge in [-0.05, 0) is 43.2 Å². The van der Waals surface area contributed by atoms with Crippen molar-refractivity contribution >= 4 is 33.3 Å². The molecule has 1 aliphatic heterocycles. The fourth-order valence-corrected chi connectivity index (χ4v) is 5.98. The molecule has 0 amide bonds. The van der Waals surface area contributed by atoms with Crippen LogP contribution >= 0.6 is 23.1 Å². The number of para-hydroxylation sites is 1. The zero-order chi connectivity index (χ0) is 21.6. The molecule has 158 valence electrons. The molecule has 0 aliphatic carbocycles. The molecule has 4 aromatic rings. The van der Waals surface area contributed by atoms with Crippen LogP contribution < -0.4 is 5.56 Å². The molecular weight excluding hydrogens is 431 g/mol. The number of nitrogens with zero attached hydrogens (tertiary/aromatic N) is 2. The number of aromatic nitrogens is 2. The summed E-state index contributed by atoms with van der Waals surface area (Å²) in [5.74, 6) is 0.134. The van der Waals surface area contributed by atoms with Crippen molar-refractivity contribution in [1.82, 2.24) is 9.55 Å². The second-order valence-corrected chi connectivity index (χ2v) is 10.2. The Kier molecular flexibility index (Phi) is 5.20. The van der Waals surface area contributed by atoms with Gasteiger partial charge >= 0.3 is 0 Å². The molecule has 0 bridgehead atoms. The molecule has 1 aliphatic rings. The van der Waals surface area contributed by atoms with Gasteiger partial charge in [-0.1, -0.05) is 48.2 Å². The van der Waals surface area contributed by atoms with E-state index in [1.807, 2.05) is 50.2 Å². The Morgan fingerprint density at radius 1 is 1.16 bits per heavy atom. The highest BCUT2D eigenvalue weighted by Crippen LogP contribution is 2.38. The van der Waals surface area contributed by atoms with Crippen LogP contribution in [0.25, 0.3) is 15.9 Å². The van der Waals surface area contributed by atoms with Gasteiger partial charge in [0.05, 0.1) is 23.3 Å². The number of thioether (sulfide) groups is 1. The molecule has 5 rings (SSSR count). The third kappa shape index (κ3) is 3.82. The molecule has 2 aromatic carbocycles. The van der Waals surface area contributed by atoms with Crippen LogP contribution in [0.5, 0.6) is 0 Å². The van der Waals surface area contributed by atoms with Crippen molar-refractivity contribution in [1.29, 1.82) is 0 Å². The predicted octanol–water partition coefficient (Wildman–Crippen LogP) is 5.73. The summed E-state index contributed by atoms with van der Waals surface area (Å²) >= 11 is 2.89. The minimum absolute atomic E-state index is 0.0811. The first-order valence-electron chi connectivity index (χ1n) is 10.1. The van der Waals surface area contributed by atoms with Gasteiger partial charge in [0, 0.05) is 17.1 Å². The maximum Gasteiger partial charge on any atom is 0.267 e. The van der Waals surface area contributed by atoms with Crippen LogP contribution in [0.2, 0.25) is 0 Å². The Hall–Kier alpha value is -2.48. The largest absolute Gasteiger partial charge is 0.370 e. The molecule has 0 radical (unpaired) electrons. The van der Waals surface area contributed by atoms with Gasteiger partial charge in [-0.3, -0.25) is 9.36 Å². The van der Waals surface area contributed by atoms with E-state index in [9.17, 15) is 9.18 Å². The molecule has 3 heterocycles. The Morgan fingerprint density at radius 3 is 2.68 bits per heavy atom. The fraction of sp³-hybridized carbons (Fsp3) is 0.250. The number of halogens is 1. The maximum absolute atomic E-state index is 14.2. The highest BCUT2D eigenvalue weighted by molar-refractivity contribution is 7.98. The van der Waals surface area contributed by atoms with Crippen LogP contribution in [0.1, 0.15) is 29.9 Å². The molecule has 0 unspecified atom stereocenters. The summed E-state index contributed by atoms with van der Waals surface area (Å²) in [4.78, 5) is 20.4. The van der Waals surface area contributed by atoms with E-state index < -0.39 is 0 Å². The Labute approximate surface area is 187 Å². The summed E-state index contributed by atoms with van der Waals surface area (Å²) in [5.41, 5.74) is 1.99. The number of benzene rings is 2. The molecule has 31 heavy (non-hydrogen) atoms. The van der Waals surface area contributed by atoms with Crippen LogP contribution in [0.3, 0.4) is 0 Å². The predicted molar refractivity (Wildman–Crippen MR) is 124 cm³/mol. The molecule has 0 spiro atoms. The summed E-state index contributed by atoms with van der Waals surface area (Å²) in [6.45, 7) is 4.58. The van der Waals surface area contributed by atoms with Gasteiger partial charge in [0.25, 0.3) is 5.56 Å². The van der Waals surface area contributed by atoms with Gasteiger partial charge in [-0.15, -0.1) is 11.3 Å². The SMILES string of the molecule is CC1(C)Cc2c(sc3nc(SCc4ccccc4F)n(-c4ccccc4)c(=O)c23)CO1. The van der Waals surface area contributed by atoms with E-state index in [4.69, 9.17) is 9.72 Å². The maximum atomic E-state index is 14.2. The standard InChI is InChI=1S/C24H21FN2O2S2/c1-24(2)12-17-19(13-29-24)31-21-20(17)22(28)27(16-9-4-3-5-10-16)23(26-21)30-14-15-8-6-7-11-18(15)25/h3-11H,12-14H2,1-2H3. The molecule has 2 aromatic heterocycles. The number of hydrogen-bond acceptors (Lipinski definition) is 5. The number of fused-ring (bicyclic) bond motifs is 3. The van der Waals surface area contributed by atoms with Gasteiger partial charge in [0.2, 0.25) is 0 Å². The second kappa shape index (κ2) is 7.89. The molecule has 7 heteroatoms. The van der Waals surface area contributed by atoms with Gasteiger partial charge in [0.1, 0.15) is 10.6 Å². The minimum atomic E-state index is -0.316. The zero-order valence-corrected chi connectivity index (χ0v) is 18.9. The first-order chi connectivity index (χ1) is 14.9. The van der Waals surface area contributed by atoms with Crippen LogP contribution in [0, 0.1) is 5.82 Å². The van der Waals surface area contributed by atoms with Gasteiger partial charge in [-0.2, -0.15) is 0 Å². The van der Waals surface area contributed by atoms with Gasteiger partial charge < -0.3 is 4.74 Å². The molecule has 0 atom stereocenters. The first-order valence-corrected chi connectivity index (χ1v) is 11.9. The fourth-order valence-electron chi connectivity index (χ4n) is 3.83. The smallest absolute Gasteiger partial charge is 0.267 e. The monoisotopic (exact) mass is 452 g/mol. The van der Waals surface area contributed by atoms with Crippen LogP contribution in [0.15, 0.2) is 64.5 Å². The molecule has 0 saturated carbocycles. The van der Waals surface area contributed by atoms with E-state index in [0.717, 1.165) is 21.0 Å². The Morgan fingerprint density at radius 2 is 1.90 bits per heavy atom. The Bertz CT molecular complexity index is 1330. The quantitative estimate of drug-likeness (QED) is 0.293. The first kappa shape index (κ1) is 20.4. The van der Waals surface area contributed by atoms with E-state index >= 15 is 0 Å². The number of thiophene rings is 1. The number of rotatable bonds is 4. The van der Waals surface area contributed by atoms with Crippen LogP contribution in [-0.2, 0) is 23.5 Å². The van der Waals surface area contributed by atoms with E-state index in [1.54, 1.807) is 16.7 Å². The summed E-state index contributed by atoms with van der Waals surface area (Å²) < 4.78 is 21.8. The van der Waals surface area contributed by atoms with Gasteiger partial charge in [0.15, 0.2) is 5.16 Å². The van der Waals surface area contributed by atoms with E-state index in [-0.39, 0.29) is 17.0 Å². The van der Waals surface area contributed by atoms with Crippen LogP contribution in [-0.4, -0.2) is 15.2 Å². The summed E-state index contributed by atoms with van der Waals surface area (Å²) in [7, 11) is 0. The Balaban J connectivity index is 1.68. The summed E-state index contributed by atoms with van der Waals surface area (Å²) in [6.07, 6.45) is 0.676. The van der Waals surface area contributed by atoms with E-state index in [0.29, 0.717) is 34.9 Å². The third-order valence-corrected chi connectivity index (χ3v) is 7.49. The molecule has 0 N–H and O–H groups in total. The van der Waals surface area contributed by atoms with Crippen molar-refractivity contribution in [2.24, 2.45) is 0 Å². The average Bonchev–Trinajstić information content (AvgIpc) is 3.10. The lowest BCUT2D eigenvalue weighted by atomic mass is 9.94. The molecule has 4 nitrogen and oxygen atoms in total. The van der Waals surface area contributed by atoms with E-state index in [2.05, 4.69) is 0 Å². The molecular formula is C24H21FN2O2S2. The minimum Gasteiger partial charge on any atom is -0.370 e. The summed E-state index contributed by atoms with van der Waals surface area (Å²) in [5, 5.41) is 1.24. The average molecular weight is 453 g/mol. The van der Waals surface area contributed by atoms with Crippen molar-refractivity contribution in [3.63, 3.8) is 0 Å². The van der Waals surface area contributed by atoms with E-state index in [1.165, 1.54) is 29.2 Å².